The highest BCUT2D eigenvalue weighted by Crippen LogP contribution is 2.26. The summed E-state index contributed by atoms with van der Waals surface area (Å²) in [7, 11) is 0. The minimum absolute atomic E-state index is 0.538. The van der Waals surface area contributed by atoms with Gasteiger partial charge in [-0.3, -0.25) is 0 Å². The summed E-state index contributed by atoms with van der Waals surface area (Å²) in [5.74, 6) is 0.915. The largest absolute Gasteiger partial charge is 0.390 e. The van der Waals surface area contributed by atoms with E-state index in [-0.39, 0.29) is 0 Å². The van der Waals surface area contributed by atoms with E-state index in [0.717, 1.165) is 37.3 Å². The number of hydrogen-bond acceptors (Lipinski definition) is 4. The normalized spacial score (nSPS) is 19.9. The molecule has 0 aliphatic carbocycles. The van der Waals surface area contributed by atoms with Crippen molar-refractivity contribution >= 4 is 5.82 Å². The first kappa shape index (κ1) is 13.3. The van der Waals surface area contributed by atoms with Crippen LogP contribution in [0.15, 0.2) is 18.3 Å². The maximum absolute atomic E-state index is 9.91. The molecule has 0 spiro atoms. The second-order valence-electron chi connectivity index (χ2n) is 5.95. The van der Waals surface area contributed by atoms with Gasteiger partial charge in [-0.05, 0) is 39.7 Å². The number of hydrogen-bond donors (Lipinski definition) is 2. The lowest BCUT2D eigenvalue weighted by atomic mass is 9.94. The first-order valence-corrected chi connectivity index (χ1v) is 6.44. The number of nitrogens with zero attached hydrogens (tertiary/aromatic N) is 2. The average Bonchev–Trinajstić information content (AvgIpc) is 2.28. The van der Waals surface area contributed by atoms with E-state index < -0.39 is 11.2 Å². The van der Waals surface area contributed by atoms with Crippen molar-refractivity contribution in [2.24, 2.45) is 0 Å². The van der Waals surface area contributed by atoms with Crippen LogP contribution in [0.25, 0.3) is 0 Å². The minimum Gasteiger partial charge on any atom is -0.390 e. The summed E-state index contributed by atoms with van der Waals surface area (Å²) in [5.41, 5.74) is -0.573. The summed E-state index contributed by atoms with van der Waals surface area (Å²) in [4.78, 5) is 6.57. The lowest BCUT2D eigenvalue weighted by Crippen LogP contribution is -2.42. The van der Waals surface area contributed by atoms with Gasteiger partial charge in [0.05, 0.1) is 11.2 Å². The maximum Gasteiger partial charge on any atom is 0.128 e. The van der Waals surface area contributed by atoms with E-state index in [2.05, 4.69) is 9.88 Å². The molecule has 0 atom stereocenters. The molecule has 2 heterocycles. The zero-order valence-electron chi connectivity index (χ0n) is 11.3. The molecule has 1 aromatic rings. The fraction of sp³-hybridized carbons (Fsp3) is 0.643. The third-order valence-electron chi connectivity index (χ3n) is 3.62. The fourth-order valence-corrected chi connectivity index (χ4v) is 2.15. The third-order valence-corrected chi connectivity index (χ3v) is 3.62. The molecule has 0 radical (unpaired) electrons. The molecule has 0 aromatic carbocycles. The SMILES string of the molecule is CC1(O)CCN(c2ccc(C(C)(C)O)cn2)CC1. The third kappa shape index (κ3) is 3.00. The molecule has 0 unspecified atom stereocenters. The Morgan fingerprint density at radius 2 is 1.89 bits per heavy atom. The highest BCUT2D eigenvalue weighted by Gasteiger charge is 2.28. The summed E-state index contributed by atoms with van der Waals surface area (Å²) >= 11 is 0. The first-order valence-electron chi connectivity index (χ1n) is 6.44. The monoisotopic (exact) mass is 250 g/mol. The first-order chi connectivity index (χ1) is 8.28. The molecule has 1 aliphatic rings. The lowest BCUT2D eigenvalue weighted by Gasteiger charge is -2.36. The summed E-state index contributed by atoms with van der Waals surface area (Å²) in [5, 5.41) is 19.8. The van der Waals surface area contributed by atoms with Crippen LogP contribution in [0.3, 0.4) is 0 Å². The quantitative estimate of drug-likeness (QED) is 0.838. The zero-order chi connectivity index (χ0) is 13.4. The Morgan fingerprint density at radius 3 is 2.33 bits per heavy atom. The van der Waals surface area contributed by atoms with Crippen LogP contribution in [0.5, 0.6) is 0 Å². The van der Waals surface area contributed by atoms with Crippen LogP contribution in [0, 0.1) is 0 Å². The molecule has 2 N–H and O–H groups in total. The molecule has 18 heavy (non-hydrogen) atoms. The molecule has 1 fully saturated rings. The Labute approximate surface area is 108 Å². The molecule has 1 saturated heterocycles. The maximum atomic E-state index is 9.91. The van der Waals surface area contributed by atoms with Gasteiger partial charge in [-0.25, -0.2) is 4.98 Å². The van der Waals surface area contributed by atoms with Gasteiger partial charge in [0.1, 0.15) is 5.82 Å². The van der Waals surface area contributed by atoms with Crippen LogP contribution in [-0.2, 0) is 5.60 Å². The van der Waals surface area contributed by atoms with Crippen LogP contribution in [0.2, 0.25) is 0 Å². The second kappa shape index (κ2) is 4.52. The second-order valence-corrected chi connectivity index (χ2v) is 5.95. The number of piperidine rings is 1. The molecule has 100 valence electrons. The highest BCUT2D eigenvalue weighted by molar-refractivity contribution is 5.40. The molecular formula is C14H22N2O2. The average molecular weight is 250 g/mol. The minimum atomic E-state index is -0.850. The van der Waals surface area contributed by atoms with Crippen LogP contribution in [-0.4, -0.2) is 33.9 Å². The van der Waals surface area contributed by atoms with Crippen molar-refractivity contribution in [3.63, 3.8) is 0 Å². The van der Waals surface area contributed by atoms with E-state index >= 15 is 0 Å². The summed E-state index contributed by atoms with van der Waals surface area (Å²) in [6.07, 6.45) is 3.26. The van der Waals surface area contributed by atoms with Gasteiger partial charge in [0.25, 0.3) is 0 Å². The van der Waals surface area contributed by atoms with Gasteiger partial charge in [-0.2, -0.15) is 0 Å². The molecule has 0 amide bonds. The van der Waals surface area contributed by atoms with Crippen molar-refractivity contribution in [2.75, 3.05) is 18.0 Å². The van der Waals surface area contributed by atoms with Gasteiger partial charge in [0.15, 0.2) is 0 Å². The van der Waals surface area contributed by atoms with Crippen LogP contribution in [0.4, 0.5) is 5.82 Å². The van der Waals surface area contributed by atoms with Crippen LogP contribution in [0.1, 0.15) is 39.2 Å². The summed E-state index contributed by atoms with van der Waals surface area (Å²) < 4.78 is 0. The van der Waals surface area contributed by atoms with Crippen molar-refractivity contribution < 1.29 is 10.2 Å². The van der Waals surface area contributed by atoms with Gasteiger partial charge >= 0.3 is 0 Å². The topological polar surface area (TPSA) is 56.6 Å². The van der Waals surface area contributed by atoms with Gasteiger partial charge in [0, 0.05) is 24.8 Å². The number of rotatable bonds is 2. The summed E-state index contributed by atoms with van der Waals surface area (Å²) in [6, 6.07) is 3.85. The predicted molar refractivity (Wildman–Crippen MR) is 71.6 cm³/mol. The molecule has 0 bridgehead atoms. The number of pyridine rings is 1. The van der Waals surface area contributed by atoms with E-state index in [0.29, 0.717) is 0 Å². The van der Waals surface area contributed by atoms with Crippen molar-refractivity contribution in [1.82, 2.24) is 4.98 Å². The lowest BCUT2D eigenvalue weighted by molar-refractivity contribution is 0.0350. The molecule has 4 heteroatoms. The highest BCUT2D eigenvalue weighted by atomic mass is 16.3. The van der Waals surface area contributed by atoms with Crippen molar-refractivity contribution in [1.29, 1.82) is 0 Å². The predicted octanol–water partition coefficient (Wildman–Crippen LogP) is 1.66. The summed E-state index contributed by atoms with van der Waals surface area (Å²) in [6.45, 7) is 7.03. The zero-order valence-corrected chi connectivity index (χ0v) is 11.3. The molecule has 0 saturated carbocycles. The Balaban J connectivity index is 2.07. The van der Waals surface area contributed by atoms with Crippen molar-refractivity contribution in [2.45, 2.75) is 44.8 Å². The number of aromatic nitrogens is 1. The Kier molecular flexibility index (Phi) is 3.34. The Morgan fingerprint density at radius 1 is 1.28 bits per heavy atom. The van der Waals surface area contributed by atoms with E-state index in [4.69, 9.17) is 0 Å². The van der Waals surface area contributed by atoms with Crippen LogP contribution < -0.4 is 4.90 Å². The van der Waals surface area contributed by atoms with Crippen molar-refractivity contribution in [3.8, 4) is 0 Å². The van der Waals surface area contributed by atoms with E-state index in [1.807, 2.05) is 19.1 Å². The fourth-order valence-electron chi connectivity index (χ4n) is 2.15. The number of anilines is 1. The van der Waals surface area contributed by atoms with Gasteiger partial charge in [-0.1, -0.05) is 6.07 Å². The smallest absolute Gasteiger partial charge is 0.128 e. The van der Waals surface area contributed by atoms with Crippen molar-refractivity contribution in [3.05, 3.63) is 23.9 Å². The standard InChI is InChI=1S/C14H22N2O2/c1-13(2,17)11-4-5-12(15-10-11)16-8-6-14(3,18)7-9-16/h4-5,10,17-18H,6-9H2,1-3H3. The molecule has 2 rings (SSSR count). The van der Waals surface area contributed by atoms with E-state index in [1.165, 1.54) is 0 Å². The van der Waals surface area contributed by atoms with Gasteiger partial charge in [-0.15, -0.1) is 0 Å². The molecule has 4 nitrogen and oxygen atoms in total. The Hall–Kier alpha value is -1.13. The van der Waals surface area contributed by atoms with E-state index in [9.17, 15) is 10.2 Å². The van der Waals surface area contributed by atoms with Crippen LogP contribution >= 0.6 is 0 Å². The number of aliphatic hydroxyl groups is 2. The van der Waals surface area contributed by atoms with Gasteiger partial charge < -0.3 is 15.1 Å². The van der Waals surface area contributed by atoms with Gasteiger partial charge in [0.2, 0.25) is 0 Å². The molecule has 1 aliphatic heterocycles. The Bertz CT molecular complexity index is 397. The molecular weight excluding hydrogens is 228 g/mol. The molecule has 1 aromatic heterocycles. The van der Waals surface area contributed by atoms with E-state index in [1.54, 1.807) is 20.0 Å².